The highest BCUT2D eigenvalue weighted by Crippen LogP contribution is 2.31. The quantitative estimate of drug-likeness (QED) is 0.795. The number of nitrogens with zero attached hydrogens (tertiary/aromatic N) is 2. The van der Waals surface area contributed by atoms with E-state index in [4.69, 9.17) is 9.84 Å². The molecule has 0 radical (unpaired) electrons. The SMILES string of the molecule is COc1ccc(-c2csc3nc(C)n(CC(=O)O)c(=O)c23)cc1. The number of hydrogen-bond donors (Lipinski definition) is 1. The zero-order valence-corrected chi connectivity index (χ0v) is 13.4. The van der Waals surface area contributed by atoms with Gasteiger partial charge < -0.3 is 9.84 Å². The zero-order chi connectivity index (χ0) is 16.6. The third kappa shape index (κ3) is 2.70. The second-order valence-corrected chi connectivity index (χ2v) is 5.86. The van der Waals surface area contributed by atoms with Gasteiger partial charge in [-0.1, -0.05) is 12.1 Å². The van der Waals surface area contributed by atoms with Crippen LogP contribution in [-0.2, 0) is 11.3 Å². The molecule has 2 heterocycles. The maximum atomic E-state index is 12.7. The lowest BCUT2D eigenvalue weighted by Crippen LogP contribution is -2.27. The van der Waals surface area contributed by atoms with Crippen molar-refractivity contribution in [3.05, 3.63) is 45.8 Å². The molecule has 0 aliphatic heterocycles. The van der Waals surface area contributed by atoms with Crippen LogP contribution in [0.5, 0.6) is 5.75 Å². The summed E-state index contributed by atoms with van der Waals surface area (Å²) in [5.41, 5.74) is 1.29. The summed E-state index contributed by atoms with van der Waals surface area (Å²) in [6.45, 7) is 1.24. The topological polar surface area (TPSA) is 81.4 Å². The van der Waals surface area contributed by atoms with Gasteiger partial charge in [0.05, 0.1) is 12.5 Å². The number of methoxy groups -OCH3 is 1. The van der Waals surface area contributed by atoms with Gasteiger partial charge in [-0.2, -0.15) is 0 Å². The van der Waals surface area contributed by atoms with Crippen LogP contribution in [0, 0.1) is 6.92 Å². The van der Waals surface area contributed by atoms with Crippen molar-refractivity contribution in [3.63, 3.8) is 0 Å². The molecule has 3 rings (SSSR count). The molecule has 1 N–H and O–H groups in total. The van der Waals surface area contributed by atoms with E-state index in [1.807, 2.05) is 29.6 Å². The number of thiophene rings is 1. The van der Waals surface area contributed by atoms with Crippen LogP contribution in [0.25, 0.3) is 21.3 Å². The zero-order valence-electron chi connectivity index (χ0n) is 12.6. The van der Waals surface area contributed by atoms with Crippen LogP contribution in [0.1, 0.15) is 5.82 Å². The number of aromatic nitrogens is 2. The summed E-state index contributed by atoms with van der Waals surface area (Å²) >= 11 is 1.37. The van der Waals surface area contributed by atoms with E-state index in [1.54, 1.807) is 14.0 Å². The number of carboxylic acids is 1. The van der Waals surface area contributed by atoms with Gasteiger partial charge in [0.25, 0.3) is 5.56 Å². The lowest BCUT2D eigenvalue weighted by molar-refractivity contribution is -0.137. The summed E-state index contributed by atoms with van der Waals surface area (Å²) in [5.74, 6) is 0.0520. The first-order valence-corrected chi connectivity index (χ1v) is 7.74. The Balaban J connectivity index is 2.22. The van der Waals surface area contributed by atoms with Crippen LogP contribution in [0.3, 0.4) is 0 Å². The molecule has 3 aromatic rings. The Morgan fingerprint density at radius 2 is 2.04 bits per heavy atom. The molecule has 118 valence electrons. The van der Waals surface area contributed by atoms with E-state index in [9.17, 15) is 9.59 Å². The summed E-state index contributed by atoms with van der Waals surface area (Å²) < 4.78 is 6.32. The summed E-state index contributed by atoms with van der Waals surface area (Å²) in [4.78, 5) is 28.7. The number of ether oxygens (including phenoxy) is 1. The molecule has 0 fully saturated rings. The minimum atomic E-state index is -1.07. The number of aliphatic carboxylic acids is 1. The highest BCUT2D eigenvalue weighted by molar-refractivity contribution is 7.17. The van der Waals surface area contributed by atoms with Crippen LogP contribution in [-0.4, -0.2) is 27.7 Å². The van der Waals surface area contributed by atoms with Crippen LogP contribution >= 0.6 is 11.3 Å². The second-order valence-electron chi connectivity index (χ2n) is 5.00. The van der Waals surface area contributed by atoms with Gasteiger partial charge in [0.15, 0.2) is 0 Å². The molecule has 0 saturated heterocycles. The number of benzene rings is 1. The molecular formula is C16H14N2O4S. The molecule has 2 aromatic heterocycles. The number of hydrogen-bond acceptors (Lipinski definition) is 5. The highest BCUT2D eigenvalue weighted by atomic mass is 32.1. The monoisotopic (exact) mass is 330 g/mol. The van der Waals surface area contributed by atoms with Crippen molar-refractivity contribution in [1.82, 2.24) is 9.55 Å². The van der Waals surface area contributed by atoms with E-state index in [-0.39, 0.29) is 5.56 Å². The fourth-order valence-electron chi connectivity index (χ4n) is 2.43. The molecule has 0 saturated carbocycles. The van der Waals surface area contributed by atoms with E-state index in [2.05, 4.69) is 4.98 Å². The maximum Gasteiger partial charge on any atom is 0.323 e. The van der Waals surface area contributed by atoms with E-state index in [0.29, 0.717) is 16.0 Å². The standard InChI is InChI=1S/C16H14N2O4S/c1-9-17-15-14(16(21)18(9)7-13(19)20)12(8-23-15)10-3-5-11(22-2)6-4-10/h3-6,8H,7H2,1-2H3,(H,19,20). The molecule has 6 nitrogen and oxygen atoms in total. The average molecular weight is 330 g/mol. The van der Waals surface area contributed by atoms with Gasteiger partial charge in [-0.15, -0.1) is 11.3 Å². The molecule has 0 unspecified atom stereocenters. The fraction of sp³-hybridized carbons (Fsp3) is 0.188. The normalized spacial score (nSPS) is 10.9. The van der Waals surface area contributed by atoms with Gasteiger partial charge in [0, 0.05) is 10.9 Å². The number of carboxylic acid groups (broad SMARTS) is 1. The van der Waals surface area contributed by atoms with Gasteiger partial charge in [-0.05, 0) is 24.6 Å². The first-order chi connectivity index (χ1) is 11.0. The molecule has 0 spiro atoms. The number of fused-ring (bicyclic) bond motifs is 1. The smallest absolute Gasteiger partial charge is 0.323 e. The summed E-state index contributed by atoms with van der Waals surface area (Å²) in [7, 11) is 1.59. The molecule has 0 amide bonds. The Kier molecular flexibility index (Phi) is 3.87. The van der Waals surface area contributed by atoms with Crippen molar-refractivity contribution in [3.8, 4) is 16.9 Å². The van der Waals surface area contributed by atoms with Crippen molar-refractivity contribution in [2.45, 2.75) is 13.5 Å². The predicted molar refractivity (Wildman–Crippen MR) is 88.2 cm³/mol. The Morgan fingerprint density at radius 1 is 1.35 bits per heavy atom. The Bertz CT molecular complexity index is 941. The van der Waals surface area contributed by atoms with Crippen LogP contribution in [0.15, 0.2) is 34.4 Å². The lowest BCUT2D eigenvalue weighted by Gasteiger charge is -2.07. The maximum absolute atomic E-state index is 12.7. The van der Waals surface area contributed by atoms with Crippen molar-refractivity contribution >= 4 is 27.5 Å². The second kappa shape index (κ2) is 5.85. The molecule has 23 heavy (non-hydrogen) atoms. The summed E-state index contributed by atoms with van der Waals surface area (Å²) in [6, 6.07) is 7.36. The summed E-state index contributed by atoms with van der Waals surface area (Å²) in [6.07, 6.45) is 0. The largest absolute Gasteiger partial charge is 0.497 e. The number of carbonyl (C=O) groups is 1. The molecule has 7 heteroatoms. The van der Waals surface area contributed by atoms with Crippen molar-refractivity contribution in [2.75, 3.05) is 7.11 Å². The minimum absolute atomic E-state index is 0.332. The molecule has 1 aromatic carbocycles. The van der Waals surface area contributed by atoms with E-state index in [0.717, 1.165) is 16.9 Å². The lowest BCUT2D eigenvalue weighted by atomic mass is 10.1. The van der Waals surface area contributed by atoms with Crippen molar-refractivity contribution < 1.29 is 14.6 Å². The molecular weight excluding hydrogens is 316 g/mol. The van der Waals surface area contributed by atoms with Crippen molar-refractivity contribution in [2.24, 2.45) is 0 Å². The average Bonchev–Trinajstić information content (AvgIpc) is 2.95. The number of rotatable bonds is 4. The molecule has 0 bridgehead atoms. The van der Waals surface area contributed by atoms with Crippen LogP contribution in [0.2, 0.25) is 0 Å². The Hall–Kier alpha value is -2.67. The fourth-order valence-corrected chi connectivity index (χ4v) is 3.41. The first kappa shape index (κ1) is 15.2. The van der Waals surface area contributed by atoms with Crippen LogP contribution in [0.4, 0.5) is 0 Å². The van der Waals surface area contributed by atoms with Gasteiger partial charge in [0.2, 0.25) is 0 Å². The Labute approximate surface area is 135 Å². The molecule has 0 aliphatic carbocycles. The minimum Gasteiger partial charge on any atom is -0.497 e. The van der Waals surface area contributed by atoms with Crippen LogP contribution < -0.4 is 10.3 Å². The highest BCUT2D eigenvalue weighted by Gasteiger charge is 2.16. The van der Waals surface area contributed by atoms with Crippen molar-refractivity contribution in [1.29, 1.82) is 0 Å². The van der Waals surface area contributed by atoms with E-state index >= 15 is 0 Å². The summed E-state index contributed by atoms with van der Waals surface area (Å²) in [5, 5.41) is 11.3. The molecule has 0 aliphatic rings. The molecule has 0 atom stereocenters. The third-order valence-electron chi connectivity index (χ3n) is 3.58. The van der Waals surface area contributed by atoms with E-state index < -0.39 is 12.5 Å². The van der Waals surface area contributed by atoms with Gasteiger partial charge >= 0.3 is 5.97 Å². The number of aryl methyl sites for hydroxylation is 1. The predicted octanol–water partition coefficient (Wildman–Crippen LogP) is 2.53. The third-order valence-corrected chi connectivity index (χ3v) is 4.45. The first-order valence-electron chi connectivity index (χ1n) is 6.86. The van der Waals surface area contributed by atoms with Gasteiger partial charge in [-0.25, -0.2) is 4.98 Å². The van der Waals surface area contributed by atoms with Gasteiger partial charge in [-0.3, -0.25) is 14.2 Å². The van der Waals surface area contributed by atoms with Gasteiger partial charge in [0.1, 0.15) is 22.9 Å². The van der Waals surface area contributed by atoms with E-state index in [1.165, 1.54) is 15.9 Å². The Morgan fingerprint density at radius 3 is 2.65 bits per heavy atom.